The molecule has 0 saturated heterocycles. The first-order valence-corrected chi connectivity index (χ1v) is 7.29. The zero-order valence-electron chi connectivity index (χ0n) is 12.4. The van der Waals surface area contributed by atoms with Crippen LogP contribution in [0.2, 0.25) is 0 Å². The van der Waals surface area contributed by atoms with Gasteiger partial charge in [-0.2, -0.15) is 0 Å². The molecule has 0 aromatic heterocycles. The average molecular weight is 292 g/mol. The average Bonchev–Trinajstić information content (AvgIpc) is 2.46. The number of aliphatic carboxylic acids is 1. The van der Waals surface area contributed by atoms with Crippen LogP contribution in [0, 0.1) is 5.92 Å². The fourth-order valence-electron chi connectivity index (χ4n) is 2.12. The van der Waals surface area contributed by atoms with Crippen LogP contribution in [0.1, 0.15) is 31.7 Å². The van der Waals surface area contributed by atoms with Gasteiger partial charge in [-0.25, -0.2) is 4.79 Å². The van der Waals surface area contributed by atoms with Gasteiger partial charge in [-0.05, 0) is 30.9 Å². The van der Waals surface area contributed by atoms with Crippen molar-refractivity contribution in [2.75, 3.05) is 6.54 Å². The molecule has 2 unspecified atom stereocenters. The van der Waals surface area contributed by atoms with E-state index in [-0.39, 0.29) is 5.91 Å². The fourth-order valence-corrected chi connectivity index (χ4v) is 2.12. The van der Waals surface area contributed by atoms with Gasteiger partial charge >= 0.3 is 5.97 Å². The first-order valence-electron chi connectivity index (χ1n) is 7.29. The molecule has 4 N–H and O–H groups in total. The summed E-state index contributed by atoms with van der Waals surface area (Å²) in [4.78, 5) is 23.1. The smallest absolute Gasteiger partial charge is 0.326 e. The Morgan fingerprint density at radius 2 is 1.90 bits per heavy atom. The van der Waals surface area contributed by atoms with Gasteiger partial charge in [0.1, 0.15) is 6.04 Å². The van der Waals surface area contributed by atoms with E-state index in [2.05, 4.69) is 5.32 Å². The van der Waals surface area contributed by atoms with Crippen molar-refractivity contribution in [2.24, 2.45) is 11.7 Å². The minimum atomic E-state index is -1.01. The molecule has 5 heteroatoms. The van der Waals surface area contributed by atoms with Crippen molar-refractivity contribution in [3.63, 3.8) is 0 Å². The van der Waals surface area contributed by atoms with Crippen LogP contribution >= 0.6 is 0 Å². The van der Waals surface area contributed by atoms with Gasteiger partial charge in [-0.15, -0.1) is 0 Å². The van der Waals surface area contributed by atoms with E-state index in [1.807, 2.05) is 37.3 Å². The highest BCUT2D eigenvalue weighted by molar-refractivity contribution is 5.83. The highest BCUT2D eigenvalue weighted by Crippen LogP contribution is 2.09. The van der Waals surface area contributed by atoms with Gasteiger partial charge in [-0.1, -0.05) is 37.3 Å². The number of nitrogens with one attached hydrogen (secondary N) is 1. The van der Waals surface area contributed by atoms with Crippen molar-refractivity contribution in [2.45, 2.75) is 38.6 Å². The second-order valence-electron chi connectivity index (χ2n) is 5.37. The van der Waals surface area contributed by atoms with Crippen LogP contribution in [0.4, 0.5) is 0 Å². The molecule has 0 fully saturated rings. The van der Waals surface area contributed by atoms with Crippen LogP contribution in [0.15, 0.2) is 30.3 Å². The summed E-state index contributed by atoms with van der Waals surface area (Å²) in [7, 11) is 0. The lowest BCUT2D eigenvalue weighted by molar-refractivity contribution is -0.141. The molecule has 21 heavy (non-hydrogen) atoms. The van der Waals surface area contributed by atoms with Gasteiger partial charge in [0.2, 0.25) is 5.91 Å². The van der Waals surface area contributed by atoms with E-state index >= 15 is 0 Å². The monoisotopic (exact) mass is 292 g/mol. The molecule has 0 aliphatic heterocycles. The zero-order chi connectivity index (χ0) is 15.7. The number of rotatable bonds is 9. The molecule has 116 valence electrons. The lowest BCUT2D eigenvalue weighted by Gasteiger charge is -2.15. The van der Waals surface area contributed by atoms with E-state index in [0.717, 1.165) is 18.4 Å². The Bertz CT molecular complexity index is 448. The Balaban J connectivity index is 2.47. The zero-order valence-corrected chi connectivity index (χ0v) is 12.4. The van der Waals surface area contributed by atoms with Gasteiger partial charge in [0.25, 0.3) is 0 Å². The predicted octanol–water partition coefficient (Wildman–Crippen LogP) is 1.56. The van der Waals surface area contributed by atoms with Crippen molar-refractivity contribution < 1.29 is 14.7 Å². The van der Waals surface area contributed by atoms with Crippen molar-refractivity contribution in [1.82, 2.24) is 5.32 Å². The van der Waals surface area contributed by atoms with Gasteiger partial charge in [-0.3, -0.25) is 4.79 Å². The third-order valence-electron chi connectivity index (χ3n) is 3.44. The Hall–Kier alpha value is -1.88. The molecule has 1 amide bonds. The Kier molecular flexibility index (Phi) is 7.46. The number of carbonyl (C=O) groups excluding carboxylic acids is 1. The molecule has 1 aromatic carbocycles. The summed E-state index contributed by atoms with van der Waals surface area (Å²) in [6, 6.07) is 8.40. The number of hydrogen-bond acceptors (Lipinski definition) is 3. The standard InChI is InChI=1S/C16H24N2O3/c1-12(9-10-17)7-8-15(19)18-14(16(20)21)11-13-5-3-2-4-6-13/h2-6,12,14H,7-11,17H2,1H3,(H,18,19)(H,20,21). The molecule has 0 aliphatic rings. The molecule has 1 aromatic rings. The molecule has 0 saturated carbocycles. The van der Waals surface area contributed by atoms with Crippen molar-refractivity contribution in [1.29, 1.82) is 0 Å². The summed E-state index contributed by atoms with van der Waals surface area (Å²) in [6.07, 6.45) is 2.22. The number of amides is 1. The van der Waals surface area contributed by atoms with E-state index in [1.54, 1.807) is 0 Å². The van der Waals surface area contributed by atoms with Gasteiger partial charge in [0.05, 0.1) is 0 Å². The molecular formula is C16H24N2O3. The topological polar surface area (TPSA) is 92.4 Å². The van der Waals surface area contributed by atoms with Gasteiger partial charge in [0.15, 0.2) is 0 Å². The highest BCUT2D eigenvalue weighted by Gasteiger charge is 2.20. The third kappa shape index (κ3) is 6.90. The van der Waals surface area contributed by atoms with Crippen molar-refractivity contribution in [3.8, 4) is 0 Å². The fraction of sp³-hybridized carbons (Fsp3) is 0.500. The molecule has 5 nitrogen and oxygen atoms in total. The van der Waals surface area contributed by atoms with E-state index < -0.39 is 12.0 Å². The summed E-state index contributed by atoms with van der Waals surface area (Å²) in [6.45, 7) is 2.65. The molecule has 0 bridgehead atoms. The number of carboxylic acid groups (broad SMARTS) is 1. The summed E-state index contributed by atoms with van der Waals surface area (Å²) in [5.41, 5.74) is 6.35. The van der Waals surface area contributed by atoms with Crippen molar-refractivity contribution in [3.05, 3.63) is 35.9 Å². The highest BCUT2D eigenvalue weighted by atomic mass is 16.4. The SMILES string of the molecule is CC(CCN)CCC(=O)NC(Cc1ccccc1)C(=O)O. The lowest BCUT2D eigenvalue weighted by atomic mass is 10.0. The van der Waals surface area contributed by atoms with Gasteiger partial charge in [0, 0.05) is 12.8 Å². The first kappa shape index (κ1) is 17.2. The normalized spacial score (nSPS) is 13.4. The van der Waals surface area contributed by atoms with Crippen LogP contribution < -0.4 is 11.1 Å². The van der Waals surface area contributed by atoms with Crippen LogP contribution in [0.25, 0.3) is 0 Å². The largest absolute Gasteiger partial charge is 0.480 e. The van der Waals surface area contributed by atoms with E-state index in [9.17, 15) is 14.7 Å². The molecule has 0 heterocycles. The second-order valence-corrected chi connectivity index (χ2v) is 5.37. The maximum absolute atomic E-state index is 11.9. The van der Waals surface area contributed by atoms with E-state index in [0.29, 0.717) is 25.3 Å². The Morgan fingerprint density at radius 1 is 1.24 bits per heavy atom. The summed E-state index contributed by atoms with van der Waals surface area (Å²) in [5.74, 6) is -0.859. The molecule has 0 radical (unpaired) electrons. The van der Waals surface area contributed by atoms with Gasteiger partial charge < -0.3 is 16.2 Å². The lowest BCUT2D eigenvalue weighted by Crippen LogP contribution is -2.42. The quantitative estimate of drug-likeness (QED) is 0.644. The van der Waals surface area contributed by atoms with Crippen LogP contribution in [-0.4, -0.2) is 29.6 Å². The third-order valence-corrected chi connectivity index (χ3v) is 3.44. The number of carbonyl (C=O) groups is 2. The van der Waals surface area contributed by atoms with Crippen LogP contribution in [0.5, 0.6) is 0 Å². The Labute approximate surface area is 125 Å². The first-order chi connectivity index (χ1) is 10.0. The number of hydrogen-bond donors (Lipinski definition) is 3. The predicted molar refractivity (Wildman–Crippen MR) is 81.8 cm³/mol. The summed E-state index contributed by atoms with van der Waals surface area (Å²) >= 11 is 0. The molecular weight excluding hydrogens is 268 g/mol. The number of carboxylic acids is 1. The Morgan fingerprint density at radius 3 is 2.48 bits per heavy atom. The molecule has 2 atom stereocenters. The van der Waals surface area contributed by atoms with E-state index in [1.165, 1.54) is 0 Å². The summed E-state index contributed by atoms with van der Waals surface area (Å²) in [5, 5.41) is 11.8. The van der Waals surface area contributed by atoms with E-state index in [4.69, 9.17) is 5.73 Å². The summed E-state index contributed by atoms with van der Waals surface area (Å²) < 4.78 is 0. The minimum absolute atomic E-state index is 0.220. The molecule has 1 rings (SSSR count). The van der Waals surface area contributed by atoms with Crippen molar-refractivity contribution >= 4 is 11.9 Å². The number of benzene rings is 1. The second kappa shape index (κ2) is 9.13. The maximum Gasteiger partial charge on any atom is 0.326 e. The maximum atomic E-state index is 11.9. The molecule has 0 aliphatic carbocycles. The number of nitrogens with two attached hydrogens (primary N) is 1. The minimum Gasteiger partial charge on any atom is -0.480 e. The molecule has 0 spiro atoms. The van der Waals surface area contributed by atoms with Crippen LogP contribution in [-0.2, 0) is 16.0 Å². The van der Waals surface area contributed by atoms with Crippen LogP contribution in [0.3, 0.4) is 0 Å².